The highest BCUT2D eigenvalue weighted by molar-refractivity contribution is 5.01. The number of hydrogen-bond donors (Lipinski definition) is 0. The van der Waals surface area contributed by atoms with E-state index in [4.69, 9.17) is 0 Å². The summed E-state index contributed by atoms with van der Waals surface area (Å²) in [6.45, 7) is 4.60. The van der Waals surface area contributed by atoms with E-state index >= 15 is 0 Å². The molecule has 1 rings (SSSR count). The monoisotopic (exact) mass is 124 g/mol. The molecule has 9 heavy (non-hydrogen) atoms. The van der Waals surface area contributed by atoms with Crippen molar-refractivity contribution in [2.24, 2.45) is 5.41 Å². The lowest BCUT2D eigenvalue weighted by atomic mass is 9.80. The van der Waals surface area contributed by atoms with E-state index in [1.165, 1.54) is 25.7 Å². The van der Waals surface area contributed by atoms with Gasteiger partial charge in [-0.2, -0.15) is 0 Å². The molecule has 0 nitrogen and oxygen atoms in total. The highest BCUT2D eigenvalue weighted by Crippen LogP contribution is 2.39. The average Bonchev–Trinajstić information content (AvgIpc) is 2.36. The van der Waals surface area contributed by atoms with E-state index in [1.54, 1.807) is 0 Å². The van der Waals surface area contributed by atoms with Gasteiger partial charge in [0.1, 0.15) is 0 Å². The molecule has 1 aliphatic rings. The van der Waals surface area contributed by atoms with Gasteiger partial charge in [0.2, 0.25) is 0 Å². The fraction of sp³-hybridized carbons (Fsp3) is 0.778. The van der Waals surface area contributed by atoms with Crippen LogP contribution in [-0.2, 0) is 0 Å². The van der Waals surface area contributed by atoms with Crippen LogP contribution in [0.4, 0.5) is 0 Å². The lowest BCUT2D eigenvalue weighted by molar-refractivity contribution is 0.285. The number of hydrogen-bond acceptors (Lipinski definition) is 0. The van der Waals surface area contributed by atoms with Crippen molar-refractivity contribution in [2.45, 2.75) is 39.5 Å². The fourth-order valence-corrected chi connectivity index (χ4v) is 1.58. The lowest BCUT2D eigenvalue weighted by Gasteiger charge is -2.24. The van der Waals surface area contributed by atoms with Gasteiger partial charge in [-0.15, -0.1) is 0 Å². The van der Waals surface area contributed by atoms with Crippen LogP contribution in [0.15, 0.2) is 12.2 Å². The summed E-state index contributed by atoms with van der Waals surface area (Å²) in [5, 5.41) is 0. The van der Waals surface area contributed by atoms with E-state index in [0.29, 0.717) is 5.41 Å². The Bertz CT molecular complexity index is 97.2. The van der Waals surface area contributed by atoms with Crippen LogP contribution in [0, 0.1) is 5.41 Å². The van der Waals surface area contributed by atoms with Gasteiger partial charge in [-0.25, -0.2) is 0 Å². The van der Waals surface area contributed by atoms with Gasteiger partial charge in [-0.1, -0.05) is 26.0 Å². The topological polar surface area (TPSA) is 0 Å². The van der Waals surface area contributed by atoms with Gasteiger partial charge in [0.25, 0.3) is 0 Å². The zero-order valence-corrected chi connectivity index (χ0v) is 6.48. The van der Waals surface area contributed by atoms with Crippen LogP contribution in [0.1, 0.15) is 39.5 Å². The van der Waals surface area contributed by atoms with Crippen LogP contribution in [0.25, 0.3) is 0 Å². The summed E-state index contributed by atoms with van der Waals surface area (Å²) < 4.78 is 0. The molecule has 0 aromatic rings. The van der Waals surface area contributed by atoms with E-state index in [-0.39, 0.29) is 0 Å². The molecule has 0 heterocycles. The SMILES string of the molecule is CCC1(CC)CC=CC1. The molecule has 0 spiro atoms. The molecule has 0 bridgehead atoms. The Hall–Kier alpha value is -0.260. The summed E-state index contributed by atoms with van der Waals surface area (Å²) in [5.74, 6) is 0. The first-order valence-corrected chi connectivity index (χ1v) is 3.98. The Balaban J connectivity index is 2.50. The second-order valence-electron chi connectivity index (χ2n) is 3.09. The largest absolute Gasteiger partial charge is 0.0880 e. The van der Waals surface area contributed by atoms with E-state index in [9.17, 15) is 0 Å². The van der Waals surface area contributed by atoms with Crippen molar-refractivity contribution in [3.05, 3.63) is 12.2 Å². The van der Waals surface area contributed by atoms with Crippen molar-refractivity contribution >= 4 is 0 Å². The van der Waals surface area contributed by atoms with E-state index in [0.717, 1.165) is 0 Å². The summed E-state index contributed by atoms with van der Waals surface area (Å²) in [7, 11) is 0. The van der Waals surface area contributed by atoms with Gasteiger partial charge in [0, 0.05) is 0 Å². The molecule has 0 saturated heterocycles. The normalized spacial score (nSPS) is 22.9. The molecule has 0 fully saturated rings. The third-order valence-electron chi connectivity index (χ3n) is 2.77. The molecule has 0 aromatic carbocycles. The van der Waals surface area contributed by atoms with Gasteiger partial charge >= 0.3 is 0 Å². The first-order valence-electron chi connectivity index (χ1n) is 3.98. The highest BCUT2D eigenvalue weighted by Gasteiger charge is 2.25. The minimum absolute atomic E-state index is 0.667. The van der Waals surface area contributed by atoms with Crippen molar-refractivity contribution in [2.75, 3.05) is 0 Å². The summed E-state index contributed by atoms with van der Waals surface area (Å²) in [6.07, 6.45) is 9.98. The minimum Gasteiger partial charge on any atom is -0.0880 e. The predicted octanol–water partition coefficient (Wildman–Crippen LogP) is 3.14. The zero-order valence-electron chi connectivity index (χ0n) is 6.48. The van der Waals surface area contributed by atoms with Gasteiger partial charge < -0.3 is 0 Å². The maximum absolute atomic E-state index is 2.33. The Kier molecular flexibility index (Phi) is 1.94. The second-order valence-corrected chi connectivity index (χ2v) is 3.09. The van der Waals surface area contributed by atoms with Crippen molar-refractivity contribution < 1.29 is 0 Å². The standard InChI is InChI=1S/C9H16/c1-3-9(4-2)7-5-6-8-9/h5-6H,3-4,7-8H2,1-2H3. The highest BCUT2D eigenvalue weighted by atomic mass is 14.3. The molecule has 0 unspecified atom stereocenters. The molecular weight excluding hydrogens is 108 g/mol. The fourth-order valence-electron chi connectivity index (χ4n) is 1.58. The van der Waals surface area contributed by atoms with Crippen LogP contribution >= 0.6 is 0 Å². The van der Waals surface area contributed by atoms with Crippen LogP contribution in [0.3, 0.4) is 0 Å². The molecular formula is C9H16. The molecule has 0 aromatic heterocycles. The van der Waals surface area contributed by atoms with Gasteiger partial charge in [-0.3, -0.25) is 0 Å². The lowest BCUT2D eigenvalue weighted by Crippen LogP contribution is -2.12. The summed E-state index contributed by atoms with van der Waals surface area (Å²) in [6, 6.07) is 0. The minimum atomic E-state index is 0.667. The molecule has 1 aliphatic carbocycles. The number of allylic oxidation sites excluding steroid dienone is 2. The Morgan fingerprint density at radius 1 is 1.11 bits per heavy atom. The molecule has 0 radical (unpaired) electrons. The molecule has 0 amide bonds. The van der Waals surface area contributed by atoms with Gasteiger partial charge in [-0.05, 0) is 31.1 Å². The Labute approximate surface area is 58.0 Å². The molecule has 0 N–H and O–H groups in total. The van der Waals surface area contributed by atoms with E-state index in [2.05, 4.69) is 26.0 Å². The van der Waals surface area contributed by atoms with E-state index in [1.807, 2.05) is 0 Å². The van der Waals surface area contributed by atoms with Crippen molar-refractivity contribution in [1.29, 1.82) is 0 Å². The molecule has 0 heteroatoms. The first-order chi connectivity index (χ1) is 4.33. The summed E-state index contributed by atoms with van der Waals surface area (Å²) in [5.41, 5.74) is 0.667. The summed E-state index contributed by atoms with van der Waals surface area (Å²) >= 11 is 0. The van der Waals surface area contributed by atoms with Gasteiger partial charge in [0.15, 0.2) is 0 Å². The van der Waals surface area contributed by atoms with E-state index < -0.39 is 0 Å². The molecule has 52 valence electrons. The molecule has 0 atom stereocenters. The van der Waals surface area contributed by atoms with Crippen molar-refractivity contribution in [3.8, 4) is 0 Å². The Morgan fingerprint density at radius 3 is 1.78 bits per heavy atom. The van der Waals surface area contributed by atoms with Gasteiger partial charge in [0.05, 0.1) is 0 Å². The van der Waals surface area contributed by atoms with Crippen molar-refractivity contribution in [3.63, 3.8) is 0 Å². The number of rotatable bonds is 2. The first kappa shape index (κ1) is 6.85. The van der Waals surface area contributed by atoms with Crippen LogP contribution in [0.5, 0.6) is 0 Å². The third kappa shape index (κ3) is 1.17. The maximum Gasteiger partial charge on any atom is -0.0234 e. The van der Waals surface area contributed by atoms with Crippen LogP contribution in [0.2, 0.25) is 0 Å². The predicted molar refractivity (Wildman–Crippen MR) is 41.4 cm³/mol. The average molecular weight is 124 g/mol. The smallest absolute Gasteiger partial charge is 0.0234 e. The Morgan fingerprint density at radius 2 is 1.56 bits per heavy atom. The maximum atomic E-state index is 2.33. The van der Waals surface area contributed by atoms with Crippen LogP contribution in [-0.4, -0.2) is 0 Å². The molecule has 0 aliphatic heterocycles. The quantitative estimate of drug-likeness (QED) is 0.496. The van der Waals surface area contributed by atoms with Crippen LogP contribution < -0.4 is 0 Å². The second kappa shape index (κ2) is 2.55. The van der Waals surface area contributed by atoms with Crippen molar-refractivity contribution in [1.82, 2.24) is 0 Å². The zero-order chi connectivity index (χ0) is 6.74. The summed E-state index contributed by atoms with van der Waals surface area (Å²) in [4.78, 5) is 0. The molecule has 0 saturated carbocycles. The third-order valence-corrected chi connectivity index (χ3v) is 2.77.